The van der Waals surface area contributed by atoms with Gasteiger partial charge < -0.3 is 23.7 Å². The van der Waals surface area contributed by atoms with Crippen LogP contribution in [0, 0.1) is 0 Å². The van der Waals surface area contributed by atoms with Crippen molar-refractivity contribution in [3.05, 3.63) is 46.9 Å². The molecule has 0 saturated carbocycles. The molecule has 3 heterocycles. The van der Waals surface area contributed by atoms with Crippen LogP contribution in [0.15, 0.2) is 45.6 Å². The number of para-hydroxylation sites is 2. The third-order valence-electron chi connectivity index (χ3n) is 5.67. The van der Waals surface area contributed by atoms with Gasteiger partial charge in [0, 0.05) is 26.2 Å². The van der Waals surface area contributed by atoms with Crippen LogP contribution in [0.1, 0.15) is 0 Å². The summed E-state index contributed by atoms with van der Waals surface area (Å²) >= 11 is 1.55. The number of benzene rings is 2. The quantitative estimate of drug-likeness (QED) is 0.458. The maximum absolute atomic E-state index is 12.9. The Morgan fingerprint density at radius 1 is 1.06 bits per heavy atom. The number of methoxy groups -OCH3 is 2. The minimum absolute atomic E-state index is 0.0363. The summed E-state index contributed by atoms with van der Waals surface area (Å²) in [6, 6.07) is 10.8. The summed E-state index contributed by atoms with van der Waals surface area (Å²) in [5, 5.41) is 0.868. The van der Waals surface area contributed by atoms with E-state index in [0.717, 1.165) is 21.1 Å². The predicted molar refractivity (Wildman–Crippen MR) is 122 cm³/mol. The number of hydrogen-bond acceptors (Lipinski definition) is 8. The van der Waals surface area contributed by atoms with Crippen LogP contribution < -0.4 is 20.1 Å². The number of aromatic nitrogens is 2. The van der Waals surface area contributed by atoms with Gasteiger partial charge in [0.25, 0.3) is 0 Å². The van der Waals surface area contributed by atoms with Crippen molar-refractivity contribution in [2.24, 2.45) is 0 Å². The van der Waals surface area contributed by atoms with E-state index in [4.69, 9.17) is 18.9 Å². The van der Waals surface area contributed by atoms with Crippen molar-refractivity contribution in [2.45, 2.75) is 6.54 Å². The van der Waals surface area contributed by atoms with Crippen LogP contribution in [0.5, 0.6) is 11.5 Å². The molecule has 1 saturated heterocycles. The molecule has 0 spiro atoms. The monoisotopic (exact) mass is 454 g/mol. The van der Waals surface area contributed by atoms with E-state index in [9.17, 15) is 9.59 Å². The lowest BCUT2D eigenvalue weighted by atomic mass is 10.3. The molecular weight excluding hydrogens is 432 g/mol. The van der Waals surface area contributed by atoms with Crippen molar-refractivity contribution in [1.82, 2.24) is 14.5 Å². The lowest BCUT2D eigenvalue weighted by Crippen LogP contribution is -2.50. The molecule has 5 rings (SSSR count). The lowest BCUT2D eigenvalue weighted by Gasteiger charge is -2.34. The Hall–Kier alpha value is -3.53. The lowest BCUT2D eigenvalue weighted by molar-refractivity contribution is -0.132. The van der Waals surface area contributed by atoms with Gasteiger partial charge in [0.05, 0.1) is 19.7 Å². The maximum Gasteiger partial charge on any atom is 0.420 e. The Morgan fingerprint density at radius 2 is 1.78 bits per heavy atom. The fourth-order valence-electron chi connectivity index (χ4n) is 3.96. The molecule has 1 aliphatic heterocycles. The molecule has 166 valence electrons. The van der Waals surface area contributed by atoms with Crippen LogP contribution >= 0.6 is 11.3 Å². The Labute approximate surface area is 187 Å². The number of hydrogen-bond donors (Lipinski definition) is 0. The van der Waals surface area contributed by atoms with E-state index in [1.807, 2.05) is 18.2 Å². The molecule has 9 nitrogen and oxygen atoms in total. The molecule has 1 fully saturated rings. The molecule has 0 aliphatic carbocycles. The predicted octanol–water partition coefficient (Wildman–Crippen LogP) is 2.57. The van der Waals surface area contributed by atoms with Gasteiger partial charge in [-0.05, 0) is 24.3 Å². The van der Waals surface area contributed by atoms with Gasteiger partial charge in [-0.15, -0.1) is 0 Å². The number of amides is 1. The molecule has 32 heavy (non-hydrogen) atoms. The number of fused-ring (bicyclic) bond motifs is 2. The Balaban J connectivity index is 1.30. The summed E-state index contributed by atoms with van der Waals surface area (Å²) in [4.78, 5) is 33.8. The molecule has 10 heteroatoms. The summed E-state index contributed by atoms with van der Waals surface area (Å²) in [7, 11) is 3.26. The molecule has 0 radical (unpaired) electrons. The van der Waals surface area contributed by atoms with Crippen LogP contribution in [0.4, 0.5) is 5.13 Å². The first kappa shape index (κ1) is 20.4. The van der Waals surface area contributed by atoms with Gasteiger partial charge in [-0.1, -0.05) is 23.5 Å². The minimum atomic E-state index is -0.518. The van der Waals surface area contributed by atoms with E-state index < -0.39 is 5.76 Å². The third kappa shape index (κ3) is 3.46. The second-order valence-electron chi connectivity index (χ2n) is 7.43. The number of ether oxygens (including phenoxy) is 2. The van der Waals surface area contributed by atoms with Crippen molar-refractivity contribution in [2.75, 3.05) is 45.3 Å². The molecule has 0 atom stereocenters. The van der Waals surface area contributed by atoms with Gasteiger partial charge in [0.15, 0.2) is 10.7 Å². The fraction of sp³-hybridized carbons (Fsp3) is 0.318. The molecule has 2 aromatic carbocycles. The van der Waals surface area contributed by atoms with Gasteiger partial charge in [0.1, 0.15) is 28.3 Å². The Morgan fingerprint density at radius 3 is 2.53 bits per heavy atom. The van der Waals surface area contributed by atoms with Crippen LogP contribution in [0.3, 0.4) is 0 Å². The molecule has 1 amide bonds. The first-order chi connectivity index (χ1) is 15.6. The van der Waals surface area contributed by atoms with Gasteiger partial charge in [0.2, 0.25) is 5.91 Å². The zero-order chi connectivity index (χ0) is 22.2. The van der Waals surface area contributed by atoms with Gasteiger partial charge in [-0.25, -0.2) is 9.78 Å². The SMILES string of the molecule is COc1ccc(OC)c2sc(N3CCN(C(=O)Cn4c(=O)oc5ccccc54)CC3)nc12. The number of rotatable bonds is 5. The number of nitrogens with zero attached hydrogens (tertiary/aromatic N) is 4. The normalized spacial score (nSPS) is 14.3. The number of anilines is 1. The highest BCUT2D eigenvalue weighted by atomic mass is 32.1. The average molecular weight is 455 g/mol. The van der Waals surface area contributed by atoms with Crippen molar-refractivity contribution in [3.8, 4) is 11.5 Å². The second-order valence-corrected chi connectivity index (χ2v) is 8.41. The van der Waals surface area contributed by atoms with E-state index in [-0.39, 0.29) is 12.5 Å². The standard InChI is InChI=1S/C22H22N4O5S/c1-29-16-7-8-17(30-2)20-19(16)23-21(32-20)25-11-9-24(10-12-25)18(27)13-26-14-5-3-4-6-15(14)31-22(26)28/h3-8H,9-13H2,1-2H3. The molecule has 2 aromatic heterocycles. The first-order valence-electron chi connectivity index (χ1n) is 10.2. The fourth-order valence-corrected chi connectivity index (χ4v) is 5.08. The summed E-state index contributed by atoms with van der Waals surface area (Å²) in [6.45, 7) is 2.36. The van der Waals surface area contributed by atoms with Crippen molar-refractivity contribution < 1.29 is 18.7 Å². The maximum atomic E-state index is 12.9. The number of carbonyl (C=O) groups is 1. The van der Waals surface area contributed by atoms with Gasteiger partial charge >= 0.3 is 5.76 Å². The highest BCUT2D eigenvalue weighted by Gasteiger charge is 2.25. The first-order valence-corrected chi connectivity index (χ1v) is 11.0. The number of piperazine rings is 1. The Bertz CT molecular complexity index is 1310. The van der Waals surface area contributed by atoms with Crippen molar-refractivity contribution >= 4 is 43.7 Å². The topological polar surface area (TPSA) is 90.0 Å². The van der Waals surface area contributed by atoms with Crippen LogP contribution in [-0.4, -0.2) is 60.8 Å². The zero-order valence-electron chi connectivity index (χ0n) is 17.7. The summed E-state index contributed by atoms with van der Waals surface area (Å²) in [6.07, 6.45) is 0. The van der Waals surface area contributed by atoms with Crippen LogP contribution in [-0.2, 0) is 11.3 Å². The van der Waals surface area contributed by atoms with Crippen molar-refractivity contribution in [1.29, 1.82) is 0 Å². The molecular formula is C22H22N4O5S. The van der Waals surface area contributed by atoms with Crippen LogP contribution in [0.25, 0.3) is 21.3 Å². The van der Waals surface area contributed by atoms with Gasteiger partial charge in [-0.3, -0.25) is 9.36 Å². The minimum Gasteiger partial charge on any atom is -0.495 e. The Kier molecular flexibility index (Phi) is 5.22. The summed E-state index contributed by atoms with van der Waals surface area (Å²) in [5.74, 6) is 0.840. The van der Waals surface area contributed by atoms with E-state index in [1.165, 1.54) is 4.57 Å². The zero-order valence-corrected chi connectivity index (χ0v) is 18.6. The molecule has 4 aromatic rings. The number of thiazole rings is 1. The third-order valence-corrected chi connectivity index (χ3v) is 6.80. The average Bonchev–Trinajstić information content (AvgIpc) is 3.40. The highest BCUT2D eigenvalue weighted by molar-refractivity contribution is 7.22. The van der Waals surface area contributed by atoms with E-state index >= 15 is 0 Å². The molecule has 1 aliphatic rings. The van der Waals surface area contributed by atoms with E-state index in [1.54, 1.807) is 48.7 Å². The van der Waals surface area contributed by atoms with Crippen molar-refractivity contribution in [3.63, 3.8) is 0 Å². The molecule has 0 unspecified atom stereocenters. The summed E-state index contributed by atoms with van der Waals surface area (Å²) in [5.41, 5.74) is 1.88. The van der Waals surface area contributed by atoms with E-state index in [0.29, 0.717) is 43.0 Å². The largest absolute Gasteiger partial charge is 0.495 e. The van der Waals surface area contributed by atoms with Gasteiger partial charge in [-0.2, -0.15) is 0 Å². The number of oxazole rings is 1. The molecule has 0 N–H and O–H groups in total. The highest BCUT2D eigenvalue weighted by Crippen LogP contribution is 2.40. The van der Waals surface area contributed by atoms with Crippen LogP contribution in [0.2, 0.25) is 0 Å². The summed E-state index contributed by atoms with van der Waals surface area (Å²) < 4.78 is 18.5. The smallest absolute Gasteiger partial charge is 0.420 e. The molecule has 0 bridgehead atoms. The second kappa shape index (κ2) is 8.19. The van der Waals surface area contributed by atoms with E-state index in [2.05, 4.69) is 4.90 Å². The number of carbonyl (C=O) groups excluding carboxylic acids is 1.